The standard InChI is InChI=1S/C16H30N4O/c1-14-6-12-7-15(2,9-14)11-16(8-12,10-14)19-13(20-17)18-4-5-21-3/h12H,4-11,17H2,1-3H3,(H2,18,19,20). The highest BCUT2D eigenvalue weighted by atomic mass is 16.5. The summed E-state index contributed by atoms with van der Waals surface area (Å²) in [6.45, 7) is 6.21. The van der Waals surface area contributed by atoms with Gasteiger partial charge in [-0.3, -0.25) is 5.43 Å². The van der Waals surface area contributed by atoms with Crippen LogP contribution >= 0.6 is 0 Å². The summed E-state index contributed by atoms with van der Waals surface area (Å²) in [6, 6.07) is 0. The molecular formula is C16H30N4O. The third-order valence-electron chi connectivity index (χ3n) is 5.71. The van der Waals surface area contributed by atoms with E-state index in [9.17, 15) is 0 Å². The Balaban J connectivity index is 1.76. The highest BCUT2D eigenvalue weighted by Gasteiger charge is 2.60. The topological polar surface area (TPSA) is 71.7 Å². The quantitative estimate of drug-likeness (QED) is 0.243. The van der Waals surface area contributed by atoms with Crippen LogP contribution in [0.15, 0.2) is 4.99 Å². The van der Waals surface area contributed by atoms with Crippen molar-refractivity contribution in [3.8, 4) is 0 Å². The van der Waals surface area contributed by atoms with Crippen molar-refractivity contribution in [2.45, 2.75) is 57.9 Å². The van der Waals surface area contributed by atoms with Crippen molar-refractivity contribution in [3.05, 3.63) is 0 Å². The van der Waals surface area contributed by atoms with Crippen LogP contribution in [-0.4, -0.2) is 31.8 Å². The van der Waals surface area contributed by atoms with E-state index in [0.717, 1.165) is 11.9 Å². The Morgan fingerprint density at radius 3 is 2.38 bits per heavy atom. The largest absolute Gasteiger partial charge is 0.383 e. The maximum Gasteiger partial charge on any atom is 0.206 e. The molecule has 120 valence electrons. The molecule has 4 bridgehead atoms. The molecule has 4 fully saturated rings. The first-order valence-electron chi connectivity index (χ1n) is 8.18. The molecule has 0 aliphatic heterocycles. The molecule has 0 aromatic rings. The summed E-state index contributed by atoms with van der Waals surface area (Å²) >= 11 is 0. The van der Waals surface area contributed by atoms with Gasteiger partial charge in [-0.05, 0) is 55.3 Å². The van der Waals surface area contributed by atoms with E-state index in [4.69, 9.17) is 10.6 Å². The minimum atomic E-state index is 0.182. The van der Waals surface area contributed by atoms with Crippen LogP contribution in [0.25, 0.3) is 0 Å². The van der Waals surface area contributed by atoms with Crippen LogP contribution in [0.2, 0.25) is 0 Å². The minimum Gasteiger partial charge on any atom is -0.383 e. The molecule has 0 aromatic heterocycles. The average Bonchev–Trinajstić information content (AvgIpc) is 2.33. The van der Waals surface area contributed by atoms with Gasteiger partial charge in [0, 0.05) is 12.6 Å². The van der Waals surface area contributed by atoms with Gasteiger partial charge in [-0.15, -0.1) is 0 Å². The van der Waals surface area contributed by atoms with E-state index in [-0.39, 0.29) is 5.54 Å². The van der Waals surface area contributed by atoms with Gasteiger partial charge < -0.3 is 10.1 Å². The maximum atomic E-state index is 5.67. The molecule has 0 spiro atoms. The van der Waals surface area contributed by atoms with E-state index >= 15 is 0 Å². The van der Waals surface area contributed by atoms with Gasteiger partial charge in [0.25, 0.3) is 0 Å². The number of methoxy groups -OCH3 is 1. The summed E-state index contributed by atoms with van der Waals surface area (Å²) in [4.78, 5) is 4.50. The minimum absolute atomic E-state index is 0.182. The van der Waals surface area contributed by atoms with Crippen molar-refractivity contribution in [2.75, 3.05) is 20.3 Å². The number of nitrogens with two attached hydrogens (primary N) is 1. The number of guanidine groups is 1. The third-order valence-corrected chi connectivity index (χ3v) is 5.71. The monoisotopic (exact) mass is 294 g/mol. The summed E-state index contributed by atoms with van der Waals surface area (Å²) < 4.78 is 5.06. The lowest BCUT2D eigenvalue weighted by Crippen LogP contribution is -2.66. The number of ether oxygens (including phenoxy) is 1. The first-order chi connectivity index (χ1) is 9.90. The molecule has 2 atom stereocenters. The zero-order valence-corrected chi connectivity index (χ0v) is 13.7. The van der Waals surface area contributed by atoms with Gasteiger partial charge in [-0.2, -0.15) is 0 Å². The first-order valence-corrected chi connectivity index (χ1v) is 8.18. The predicted octanol–water partition coefficient (Wildman–Crippen LogP) is 1.79. The smallest absolute Gasteiger partial charge is 0.206 e. The summed E-state index contributed by atoms with van der Waals surface area (Å²) in [5.41, 5.74) is 3.91. The van der Waals surface area contributed by atoms with Crippen LogP contribution in [0.3, 0.4) is 0 Å². The molecule has 4 aliphatic rings. The van der Waals surface area contributed by atoms with E-state index in [1.54, 1.807) is 7.11 Å². The Hall–Kier alpha value is -0.810. The highest BCUT2D eigenvalue weighted by Crippen LogP contribution is 2.66. The van der Waals surface area contributed by atoms with Gasteiger partial charge in [-0.25, -0.2) is 10.8 Å². The number of rotatable bonds is 4. The second-order valence-corrected chi connectivity index (χ2v) is 8.40. The summed E-state index contributed by atoms with van der Waals surface area (Å²) in [6.07, 6.45) is 7.94. The molecule has 2 unspecified atom stereocenters. The van der Waals surface area contributed by atoms with Crippen molar-refractivity contribution >= 4 is 5.96 Å². The first kappa shape index (κ1) is 15.1. The van der Waals surface area contributed by atoms with Crippen LogP contribution in [-0.2, 0) is 4.74 Å². The molecule has 5 heteroatoms. The number of hydrazine groups is 1. The fraction of sp³-hybridized carbons (Fsp3) is 0.938. The van der Waals surface area contributed by atoms with E-state index < -0.39 is 0 Å². The maximum absolute atomic E-state index is 5.67. The molecule has 4 aliphatic carbocycles. The Morgan fingerprint density at radius 1 is 1.19 bits per heavy atom. The Morgan fingerprint density at radius 2 is 1.86 bits per heavy atom. The van der Waals surface area contributed by atoms with Crippen molar-refractivity contribution < 1.29 is 4.74 Å². The molecule has 21 heavy (non-hydrogen) atoms. The Kier molecular flexibility index (Phi) is 3.69. The van der Waals surface area contributed by atoms with Crippen LogP contribution in [0.1, 0.15) is 52.4 Å². The molecule has 4 saturated carbocycles. The van der Waals surface area contributed by atoms with Gasteiger partial charge in [0.15, 0.2) is 0 Å². The molecule has 0 radical (unpaired) electrons. The van der Waals surface area contributed by atoms with E-state index in [1.807, 2.05) is 0 Å². The number of hydrogen-bond acceptors (Lipinski definition) is 3. The van der Waals surface area contributed by atoms with Crippen LogP contribution in [0.4, 0.5) is 0 Å². The molecular weight excluding hydrogens is 264 g/mol. The zero-order valence-electron chi connectivity index (χ0n) is 13.7. The summed E-state index contributed by atoms with van der Waals surface area (Å²) in [5, 5.41) is 3.68. The van der Waals surface area contributed by atoms with Crippen LogP contribution in [0, 0.1) is 16.7 Å². The van der Waals surface area contributed by atoms with Crippen LogP contribution < -0.4 is 16.6 Å². The van der Waals surface area contributed by atoms with Gasteiger partial charge in [0.05, 0.1) is 13.2 Å². The molecule has 4 rings (SSSR count). The third kappa shape index (κ3) is 2.90. The van der Waals surface area contributed by atoms with Crippen molar-refractivity contribution in [1.29, 1.82) is 0 Å². The van der Waals surface area contributed by atoms with E-state index in [2.05, 4.69) is 29.6 Å². The lowest BCUT2D eigenvalue weighted by atomic mass is 9.43. The van der Waals surface area contributed by atoms with Gasteiger partial charge in [-0.1, -0.05) is 13.8 Å². The molecule has 4 N–H and O–H groups in total. The molecule has 0 heterocycles. The predicted molar refractivity (Wildman–Crippen MR) is 84.8 cm³/mol. The number of aliphatic imine (C=N–C) groups is 1. The SMILES string of the molecule is COCCN=C(NN)NC12CC3CC(C)(CC(C)(C3)C1)C2. The molecule has 0 aromatic carbocycles. The fourth-order valence-corrected chi connectivity index (χ4v) is 6.21. The normalized spacial score (nSPS) is 45.0. The number of nitrogens with one attached hydrogen (secondary N) is 2. The molecule has 0 amide bonds. The van der Waals surface area contributed by atoms with Crippen molar-refractivity contribution in [3.63, 3.8) is 0 Å². The summed E-state index contributed by atoms with van der Waals surface area (Å²) in [7, 11) is 1.69. The number of hydrogen-bond donors (Lipinski definition) is 3. The van der Waals surface area contributed by atoms with Gasteiger partial charge in [0.1, 0.15) is 0 Å². The van der Waals surface area contributed by atoms with E-state index in [1.165, 1.54) is 38.5 Å². The molecule has 5 nitrogen and oxygen atoms in total. The van der Waals surface area contributed by atoms with Gasteiger partial charge in [0.2, 0.25) is 5.96 Å². The molecule has 0 saturated heterocycles. The fourth-order valence-electron chi connectivity index (χ4n) is 6.21. The van der Waals surface area contributed by atoms with Crippen LogP contribution in [0.5, 0.6) is 0 Å². The second kappa shape index (κ2) is 5.13. The van der Waals surface area contributed by atoms with E-state index in [0.29, 0.717) is 24.0 Å². The zero-order chi connectivity index (χ0) is 15.1. The Bertz CT molecular complexity index is 418. The van der Waals surface area contributed by atoms with Crippen molar-refractivity contribution in [1.82, 2.24) is 10.7 Å². The average molecular weight is 294 g/mol. The lowest BCUT2D eigenvalue weighted by Gasteiger charge is -2.65. The van der Waals surface area contributed by atoms with Gasteiger partial charge >= 0.3 is 0 Å². The summed E-state index contributed by atoms with van der Waals surface area (Å²) in [5.74, 6) is 7.25. The second-order valence-electron chi connectivity index (χ2n) is 8.40. The Labute approximate surface area is 128 Å². The lowest BCUT2D eigenvalue weighted by molar-refractivity contribution is -0.112. The van der Waals surface area contributed by atoms with Crippen molar-refractivity contribution in [2.24, 2.45) is 27.6 Å². The number of nitrogens with zero attached hydrogens (tertiary/aromatic N) is 1. The highest BCUT2D eigenvalue weighted by molar-refractivity contribution is 5.80.